The van der Waals surface area contributed by atoms with E-state index in [9.17, 15) is 9.59 Å². The van der Waals surface area contributed by atoms with Crippen molar-refractivity contribution in [1.29, 1.82) is 0 Å². The number of rotatable bonds is 5. The average molecular weight is 394 g/mol. The molecule has 0 spiro atoms. The topological polar surface area (TPSA) is 59.7 Å². The van der Waals surface area contributed by atoms with E-state index in [0.717, 1.165) is 36.5 Å². The van der Waals surface area contributed by atoms with E-state index >= 15 is 0 Å². The highest BCUT2D eigenvalue weighted by Gasteiger charge is 2.22. The zero-order valence-corrected chi connectivity index (χ0v) is 16.9. The first-order valence-electron chi connectivity index (χ1n) is 9.95. The van der Waals surface area contributed by atoms with Gasteiger partial charge in [0.2, 0.25) is 5.91 Å². The second kappa shape index (κ2) is 8.03. The number of ether oxygens (including phenoxy) is 1. The van der Waals surface area contributed by atoms with E-state index in [1.165, 1.54) is 4.57 Å². The van der Waals surface area contributed by atoms with E-state index in [1.54, 1.807) is 13.3 Å². The third-order valence-electron chi connectivity index (χ3n) is 5.61. The van der Waals surface area contributed by atoms with Gasteiger partial charge in [0, 0.05) is 56.2 Å². The predicted molar refractivity (Wildman–Crippen MR) is 114 cm³/mol. The van der Waals surface area contributed by atoms with Crippen LogP contribution < -0.4 is 15.2 Å². The molecule has 0 N–H and O–H groups in total. The maximum atomic E-state index is 12.8. The highest BCUT2D eigenvalue weighted by molar-refractivity contribution is 5.80. The zero-order valence-electron chi connectivity index (χ0n) is 16.9. The molecule has 0 aliphatic carbocycles. The second-order valence-electron chi connectivity index (χ2n) is 7.22. The van der Waals surface area contributed by atoms with Crippen molar-refractivity contribution in [3.05, 3.63) is 59.1 Å². The van der Waals surface area contributed by atoms with Crippen LogP contribution in [0.25, 0.3) is 10.9 Å². The molecule has 3 aromatic rings. The van der Waals surface area contributed by atoms with Crippen molar-refractivity contribution in [2.45, 2.75) is 20.0 Å². The number of hydrogen-bond donors (Lipinski definition) is 0. The van der Waals surface area contributed by atoms with Gasteiger partial charge in [0.1, 0.15) is 17.8 Å². The number of carbonyl (C=O) groups is 1. The molecule has 0 bridgehead atoms. The molecule has 1 aromatic carbocycles. The fraction of sp³-hybridized carbons (Fsp3) is 0.364. The standard InChI is InChI=1S/C22H26N4O3/c1-3-23-10-8-17-9-11-26(22(28)21(17)23)16-20(27)25-14-12-24(13-15-25)18-4-6-19(29-2)7-5-18/h4-11H,3,12-16H2,1-2H3. The van der Waals surface area contributed by atoms with Gasteiger partial charge >= 0.3 is 0 Å². The predicted octanol–water partition coefficient (Wildman–Crippen LogP) is 2.18. The number of fused-ring (bicyclic) bond motifs is 1. The lowest BCUT2D eigenvalue weighted by Crippen LogP contribution is -2.50. The summed E-state index contributed by atoms with van der Waals surface area (Å²) in [4.78, 5) is 29.7. The molecule has 3 heterocycles. The van der Waals surface area contributed by atoms with Crippen molar-refractivity contribution in [2.75, 3.05) is 38.2 Å². The van der Waals surface area contributed by atoms with E-state index in [-0.39, 0.29) is 18.0 Å². The molecule has 1 aliphatic rings. The van der Waals surface area contributed by atoms with Gasteiger partial charge in [-0.25, -0.2) is 0 Å². The molecule has 7 heteroatoms. The molecule has 1 fully saturated rings. The molecule has 4 rings (SSSR count). The van der Waals surface area contributed by atoms with Crippen molar-refractivity contribution >= 4 is 22.5 Å². The van der Waals surface area contributed by atoms with Gasteiger partial charge in [-0.2, -0.15) is 0 Å². The van der Waals surface area contributed by atoms with Gasteiger partial charge in [-0.1, -0.05) is 0 Å². The molecule has 152 valence electrons. The van der Waals surface area contributed by atoms with Gasteiger partial charge < -0.3 is 23.7 Å². The van der Waals surface area contributed by atoms with Crippen molar-refractivity contribution < 1.29 is 9.53 Å². The summed E-state index contributed by atoms with van der Waals surface area (Å²) in [6.45, 7) is 5.63. The van der Waals surface area contributed by atoms with E-state index in [4.69, 9.17) is 4.74 Å². The van der Waals surface area contributed by atoms with Crippen LogP contribution in [0.4, 0.5) is 5.69 Å². The van der Waals surface area contributed by atoms with Crippen LogP contribution in [0, 0.1) is 0 Å². The van der Waals surface area contributed by atoms with Crippen LogP contribution in [0.2, 0.25) is 0 Å². The summed E-state index contributed by atoms with van der Waals surface area (Å²) in [6.07, 6.45) is 3.63. The van der Waals surface area contributed by atoms with E-state index in [2.05, 4.69) is 4.90 Å². The molecule has 1 saturated heterocycles. The largest absolute Gasteiger partial charge is 0.497 e. The van der Waals surface area contributed by atoms with Gasteiger partial charge in [0.15, 0.2) is 0 Å². The Morgan fingerprint density at radius 2 is 1.62 bits per heavy atom. The summed E-state index contributed by atoms with van der Waals surface area (Å²) in [6, 6.07) is 11.8. The third kappa shape index (κ3) is 3.72. The van der Waals surface area contributed by atoms with Gasteiger partial charge in [-0.3, -0.25) is 9.59 Å². The smallest absolute Gasteiger partial charge is 0.275 e. The molecule has 29 heavy (non-hydrogen) atoms. The minimum Gasteiger partial charge on any atom is -0.497 e. The van der Waals surface area contributed by atoms with Crippen molar-refractivity contribution in [1.82, 2.24) is 14.0 Å². The third-order valence-corrected chi connectivity index (χ3v) is 5.61. The van der Waals surface area contributed by atoms with Gasteiger partial charge in [0.25, 0.3) is 5.56 Å². The average Bonchev–Trinajstić information content (AvgIpc) is 3.20. The number of piperazine rings is 1. The summed E-state index contributed by atoms with van der Waals surface area (Å²) in [5.74, 6) is 0.814. The molecular formula is C22H26N4O3. The molecule has 1 aliphatic heterocycles. The van der Waals surface area contributed by atoms with E-state index in [0.29, 0.717) is 18.6 Å². The lowest BCUT2D eigenvalue weighted by molar-refractivity contribution is -0.132. The Morgan fingerprint density at radius 3 is 2.24 bits per heavy atom. The van der Waals surface area contributed by atoms with E-state index < -0.39 is 0 Å². The molecule has 1 amide bonds. The Labute approximate surface area is 169 Å². The van der Waals surface area contributed by atoms with E-state index in [1.807, 2.05) is 59.0 Å². The number of aromatic nitrogens is 2. The quantitative estimate of drug-likeness (QED) is 0.666. The Morgan fingerprint density at radius 1 is 0.966 bits per heavy atom. The van der Waals surface area contributed by atoms with Crippen LogP contribution >= 0.6 is 0 Å². The maximum absolute atomic E-state index is 12.8. The maximum Gasteiger partial charge on any atom is 0.275 e. The minimum absolute atomic E-state index is 0.0181. The van der Waals surface area contributed by atoms with Gasteiger partial charge in [-0.05, 0) is 43.3 Å². The van der Waals surface area contributed by atoms with Crippen LogP contribution in [0.15, 0.2) is 53.6 Å². The molecule has 0 unspecified atom stereocenters. The number of hydrogen-bond acceptors (Lipinski definition) is 4. The number of carbonyl (C=O) groups excluding carboxylic acids is 1. The Balaban J connectivity index is 1.42. The fourth-order valence-electron chi connectivity index (χ4n) is 3.89. The van der Waals surface area contributed by atoms with Gasteiger partial charge in [0.05, 0.1) is 7.11 Å². The number of pyridine rings is 1. The van der Waals surface area contributed by atoms with Crippen molar-refractivity contribution in [3.63, 3.8) is 0 Å². The Bertz CT molecular complexity index is 1060. The zero-order chi connectivity index (χ0) is 20.4. The highest BCUT2D eigenvalue weighted by atomic mass is 16.5. The van der Waals surface area contributed by atoms with Crippen LogP contribution in [0.5, 0.6) is 5.75 Å². The first-order valence-corrected chi connectivity index (χ1v) is 9.95. The summed E-state index contributed by atoms with van der Waals surface area (Å²) in [7, 11) is 1.65. The number of aryl methyl sites for hydroxylation is 1. The summed E-state index contributed by atoms with van der Waals surface area (Å²) < 4.78 is 8.65. The number of anilines is 1. The van der Waals surface area contributed by atoms with Crippen LogP contribution in [-0.4, -0.2) is 53.2 Å². The Hall–Kier alpha value is -3.22. The van der Waals surface area contributed by atoms with Crippen LogP contribution in [0.1, 0.15) is 6.92 Å². The number of benzene rings is 1. The minimum atomic E-state index is -0.112. The van der Waals surface area contributed by atoms with Crippen LogP contribution in [-0.2, 0) is 17.9 Å². The van der Waals surface area contributed by atoms with Gasteiger partial charge in [-0.15, -0.1) is 0 Å². The molecule has 0 saturated carbocycles. The van der Waals surface area contributed by atoms with Crippen LogP contribution in [0.3, 0.4) is 0 Å². The summed E-state index contributed by atoms with van der Waals surface area (Å²) >= 11 is 0. The normalized spacial score (nSPS) is 14.4. The molecule has 2 aromatic heterocycles. The fourth-order valence-corrected chi connectivity index (χ4v) is 3.89. The molecular weight excluding hydrogens is 368 g/mol. The number of methoxy groups -OCH3 is 1. The SMILES string of the molecule is CCn1ccc2ccn(CC(=O)N3CCN(c4ccc(OC)cc4)CC3)c(=O)c21. The molecule has 0 radical (unpaired) electrons. The molecule has 7 nitrogen and oxygen atoms in total. The number of nitrogens with zero attached hydrogens (tertiary/aromatic N) is 4. The first-order chi connectivity index (χ1) is 14.1. The van der Waals surface area contributed by atoms with Crippen molar-refractivity contribution in [2.24, 2.45) is 0 Å². The number of amides is 1. The molecule has 0 atom stereocenters. The lowest BCUT2D eigenvalue weighted by atomic mass is 10.2. The van der Waals surface area contributed by atoms with Crippen molar-refractivity contribution in [3.8, 4) is 5.75 Å². The second-order valence-corrected chi connectivity index (χ2v) is 7.22. The lowest BCUT2D eigenvalue weighted by Gasteiger charge is -2.36. The monoisotopic (exact) mass is 394 g/mol. The summed E-state index contributed by atoms with van der Waals surface area (Å²) in [5.41, 5.74) is 1.67. The highest BCUT2D eigenvalue weighted by Crippen LogP contribution is 2.20. The summed E-state index contributed by atoms with van der Waals surface area (Å²) in [5, 5.41) is 0.911. The Kier molecular flexibility index (Phi) is 5.29. The first kappa shape index (κ1) is 19.1.